The van der Waals surface area contributed by atoms with Crippen LogP contribution in [0.25, 0.3) is 5.82 Å². The van der Waals surface area contributed by atoms with Crippen molar-refractivity contribution < 1.29 is 9.59 Å². The molecule has 1 N–H and O–H groups in total. The van der Waals surface area contributed by atoms with Gasteiger partial charge in [-0.3, -0.25) is 14.2 Å². The molecule has 0 saturated carbocycles. The van der Waals surface area contributed by atoms with Gasteiger partial charge in [-0.2, -0.15) is 0 Å². The number of nitrogens with one attached hydrogen (secondary N) is 1. The largest absolute Gasteiger partial charge is 0.350 e. The molecule has 2 aromatic rings. The van der Waals surface area contributed by atoms with Crippen molar-refractivity contribution in [3.8, 4) is 5.82 Å². The van der Waals surface area contributed by atoms with E-state index in [-0.39, 0.29) is 11.8 Å². The minimum Gasteiger partial charge on any atom is -0.350 e. The Labute approximate surface area is 133 Å². The van der Waals surface area contributed by atoms with Gasteiger partial charge in [0.2, 0.25) is 5.91 Å². The second-order valence-electron chi connectivity index (χ2n) is 5.34. The summed E-state index contributed by atoms with van der Waals surface area (Å²) in [4.78, 5) is 30.2. The van der Waals surface area contributed by atoms with E-state index >= 15 is 0 Å². The molecule has 0 aliphatic carbocycles. The number of amides is 2. The first-order chi connectivity index (χ1) is 11.2. The zero-order chi connectivity index (χ0) is 16.1. The second kappa shape index (κ2) is 6.99. The summed E-state index contributed by atoms with van der Waals surface area (Å²) in [5, 5.41) is 10.2. The van der Waals surface area contributed by atoms with Crippen LogP contribution in [-0.4, -0.2) is 56.1 Å². The van der Waals surface area contributed by atoms with Crippen LogP contribution in [0.2, 0.25) is 0 Å². The highest BCUT2D eigenvalue weighted by atomic mass is 16.2. The topological polar surface area (TPSA) is 93.0 Å². The van der Waals surface area contributed by atoms with Crippen LogP contribution in [0.1, 0.15) is 29.8 Å². The average molecular weight is 314 g/mol. The van der Waals surface area contributed by atoms with E-state index in [1.165, 1.54) is 12.7 Å². The number of rotatable bonds is 5. The molecule has 1 aliphatic heterocycles. The molecule has 3 rings (SSSR count). The quantitative estimate of drug-likeness (QED) is 0.862. The third-order valence-corrected chi connectivity index (χ3v) is 3.73. The lowest BCUT2D eigenvalue weighted by Crippen LogP contribution is -2.33. The van der Waals surface area contributed by atoms with Gasteiger partial charge in [-0.15, -0.1) is 10.2 Å². The summed E-state index contributed by atoms with van der Waals surface area (Å²) in [5.74, 6) is 0.360. The molecule has 0 aromatic carbocycles. The van der Waals surface area contributed by atoms with Crippen molar-refractivity contribution >= 4 is 11.8 Å². The number of carbonyl (C=O) groups is 2. The molecule has 0 bridgehead atoms. The fourth-order valence-corrected chi connectivity index (χ4v) is 2.51. The van der Waals surface area contributed by atoms with Crippen LogP contribution in [0, 0.1) is 0 Å². The monoisotopic (exact) mass is 314 g/mol. The highest BCUT2D eigenvalue weighted by molar-refractivity contribution is 5.92. The molecule has 1 fully saturated rings. The van der Waals surface area contributed by atoms with Gasteiger partial charge in [0.1, 0.15) is 24.2 Å². The Morgan fingerprint density at radius 1 is 1.13 bits per heavy atom. The lowest BCUT2D eigenvalue weighted by atomic mass is 10.3. The van der Waals surface area contributed by atoms with Crippen molar-refractivity contribution in [2.24, 2.45) is 0 Å². The first-order valence-corrected chi connectivity index (χ1v) is 7.62. The number of nitrogens with zero attached hydrogens (tertiary/aromatic N) is 5. The lowest BCUT2D eigenvalue weighted by Gasteiger charge is -2.15. The molecule has 8 heteroatoms. The Balaban J connectivity index is 1.54. The van der Waals surface area contributed by atoms with Crippen LogP contribution in [0.4, 0.5) is 0 Å². The van der Waals surface area contributed by atoms with Gasteiger partial charge in [0.05, 0.1) is 0 Å². The third-order valence-electron chi connectivity index (χ3n) is 3.73. The Kier molecular flexibility index (Phi) is 4.60. The van der Waals surface area contributed by atoms with Crippen molar-refractivity contribution in [3.63, 3.8) is 0 Å². The summed E-state index contributed by atoms with van der Waals surface area (Å²) in [5.41, 5.74) is 0.296. The molecule has 3 heterocycles. The molecule has 0 radical (unpaired) electrons. The number of carbonyl (C=O) groups excluding carboxylic acids is 2. The van der Waals surface area contributed by atoms with Crippen molar-refractivity contribution in [2.45, 2.75) is 19.3 Å². The normalized spacial score (nSPS) is 14.0. The van der Waals surface area contributed by atoms with Crippen LogP contribution < -0.4 is 5.32 Å². The van der Waals surface area contributed by atoms with Gasteiger partial charge in [-0.1, -0.05) is 6.07 Å². The van der Waals surface area contributed by atoms with Crippen LogP contribution >= 0.6 is 0 Å². The maximum atomic E-state index is 12.1. The summed E-state index contributed by atoms with van der Waals surface area (Å²) < 4.78 is 1.62. The summed E-state index contributed by atoms with van der Waals surface area (Å²) in [7, 11) is 0. The summed E-state index contributed by atoms with van der Waals surface area (Å²) in [6.07, 6.45) is 5.48. The Morgan fingerprint density at radius 2 is 1.87 bits per heavy atom. The molecule has 23 heavy (non-hydrogen) atoms. The summed E-state index contributed by atoms with van der Waals surface area (Å²) in [6.45, 7) is 1.97. The van der Waals surface area contributed by atoms with Gasteiger partial charge >= 0.3 is 0 Å². The van der Waals surface area contributed by atoms with Gasteiger partial charge < -0.3 is 10.2 Å². The van der Waals surface area contributed by atoms with Gasteiger partial charge in [-0.05, 0) is 25.0 Å². The minimum absolute atomic E-state index is 0.0917. The molecule has 1 saturated heterocycles. The Hall–Kier alpha value is -2.77. The van der Waals surface area contributed by atoms with Crippen LogP contribution in [0.15, 0.2) is 30.9 Å². The Morgan fingerprint density at radius 3 is 2.61 bits per heavy atom. The van der Waals surface area contributed by atoms with E-state index in [0.717, 1.165) is 25.9 Å². The van der Waals surface area contributed by atoms with Gasteiger partial charge in [0.25, 0.3) is 5.91 Å². The Bertz CT molecular complexity index is 679. The summed E-state index contributed by atoms with van der Waals surface area (Å²) >= 11 is 0. The van der Waals surface area contributed by atoms with Crippen LogP contribution in [-0.2, 0) is 4.79 Å². The zero-order valence-corrected chi connectivity index (χ0v) is 12.7. The van der Waals surface area contributed by atoms with E-state index in [4.69, 9.17) is 0 Å². The van der Waals surface area contributed by atoms with E-state index < -0.39 is 0 Å². The van der Waals surface area contributed by atoms with Crippen molar-refractivity contribution in [1.82, 2.24) is 30.0 Å². The minimum atomic E-state index is -0.297. The summed E-state index contributed by atoms with van der Waals surface area (Å²) in [6, 6.07) is 5.13. The molecule has 0 atom stereocenters. The zero-order valence-electron chi connectivity index (χ0n) is 12.7. The van der Waals surface area contributed by atoms with E-state index in [1.54, 1.807) is 22.8 Å². The molecule has 0 unspecified atom stereocenters. The van der Waals surface area contributed by atoms with E-state index in [0.29, 0.717) is 24.5 Å². The van der Waals surface area contributed by atoms with Crippen molar-refractivity contribution in [1.29, 1.82) is 0 Å². The molecular formula is C15H18N6O2. The average Bonchev–Trinajstić information content (AvgIpc) is 3.28. The van der Waals surface area contributed by atoms with E-state index in [9.17, 15) is 9.59 Å². The number of pyridine rings is 1. The lowest BCUT2D eigenvalue weighted by molar-refractivity contribution is -0.129. The standard InChI is InChI=1S/C15H18N6O2/c22-14(20-8-1-2-9-20)6-7-16-15(23)12-4-3-5-13(19-12)21-10-17-18-11-21/h3-5,10-11H,1-2,6-9H2,(H,16,23). The maximum Gasteiger partial charge on any atom is 0.269 e. The number of hydrogen-bond donors (Lipinski definition) is 1. The molecule has 8 nitrogen and oxygen atoms in total. The smallest absolute Gasteiger partial charge is 0.269 e. The van der Waals surface area contributed by atoms with E-state index in [1.807, 2.05) is 4.90 Å². The highest BCUT2D eigenvalue weighted by Gasteiger charge is 2.17. The molecule has 120 valence electrons. The van der Waals surface area contributed by atoms with Gasteiger partial charge in [-0.25, -0.2) is 4.98 Å². The molecule has 1 aliphatic rings. The van der Waals surface area contributed by atoms with Crippen molar-refractivity contribution in [2.75, 3.05) is 19.6 Å². The first kappa shape index (κ1) is 15.1. The fraction of sp³-hybridized carbons (Fsp3) is 0.400. The molecule has 2 amide bonds. The van der Waals surface area contributed by atoms with Crippen LogP contribution in [0.5, 0.6) is 0 Å². The van der Waals surface area contributed by atoms with Gasteiger partial charge in [0.15, 0.2) is 0 Å². The predicted octanol–water partition coefficient (Wildman–Crippen LogP) is 0.405. The molecule has 2 aromatic heterocycles. The number of likely N-dealkylation sites (tertiary alicyclic amines) is 1. The van der Waals surface area contributed by atoms with Gasteiger partial charge in [0, 0.05) is 26.1 Å². The predicted molar refractivity (Wildman–Crippen MR) is 81.9 cm³/mol. The fourth-order valence-electron chi connectivity index (χ4n) is 2.51. The molecule has 0 spiro atoms. The van der Waals surface area contributed by atoms with E-state index in [2.05, 4.69) is 20.5 Å². The SMILES string of the molecule is O=C(NCCC(=O)N1CCCC1)c1cccc(-n2cnnc2)n1. The first-order valence-electron chi connectivity index (χ1n) is 7.62. The third kappa shape index (κ3) is 3.71. The number of hydrogen-bond acceptors (Lipinski definition) is 5. The van der Waals surface area contributed by atoms with Crippen LogP contribution in [0.3, 0.4) is 0 Å². The molecular weight excluding hydrogens is 296 g/mol. The maximum absolute atomic E-state index is 12.1. The second-order valence-corrected chi connectivity index (χ2v) is 5.34. The highest BCUT2D eigenvalue weighted by Crippen LogP contribution is 2.08. The number of aromatic nitrogens is 4. The van der Waals surface area contributed by atoms with Crippen molar-refractivity contribution in [3.05, 3.63) is 36.5 Å².